The zero-order valence-corrected chi connectivity index (χ0v) is 56.3. The third-order valence-electron chi connectivity index (χ3n) is 16.8. The quantitative estimate of drug-likeness (QED) is 0.0228. The molecule has 0 aliphatic carbocycles. The summed E-state index contributed by atoms with van der Waals surface area (Å²) in [5.41, 5.74) is 0. The third-order valence-corrected chi connectivity index (χ3v) is 16.8. The van der Waals surface area contributed by atoms with Crippen molar-refractivity contribution in [3.63, 3.8) is 0 Å². The third kappa shape index (κ3) is 52.1. The summed E-state index contributed by atoms with van der Waals surface area (Å²) in [7, 11) is 0. The van der Waals surface area contributed by atoms with Gasteiger partial charge >= 0.3 is 23.9 Å². The zero-order valence-electron chi connectivity index (χ0n) is 56.3. The number of unbranched alkanes of at least 4 members (excludes halogenated alkanes) is 42. The highest BCUT2D eigenvalue weighted by Crippen LogP contribution is 2.27. The van der Waals surface area contributed by atoms with E-state index in [2.05, 4.69) is 69.4 Å². The zero-order chi connectivity index (χ0) is 63.1. The molecule has 0 radical (unpaired) electrons. The van der Waals surface area contributed by atoms with Crippen LogP contribution in [0.1, 0.15) is 355 Å². The van der Waals surface area contributed by atoms with E-state index < -0.39 is 67.3 Å². The molecule has 0 amide bonds. The van der Waals surface area contributed by atoms with Crippen LogP contribution in [-0.4, -0.2) is 89.2 Å². The van der Waals surface area contributed by atoms with Crippen molar-refractivity contribution in [2.24, 2.45) is 0 Å². The van der Waals surface area contributed by atoms with E-state index in [1.165, 1.54) is 212 Å². The van der Waals surface area contributed by atoms with Crippen molar-refractivity contribution in [3.05, 3.63) is 48.6 Å². The van der Waals surface area contributed by atoms with Crippen LogP contribution in [-0.2, 0) is 42.9 Å². The molecule has 0 aromatic rings. The largest absolute Gasteiger partial charge is 0.479 e. The summed E-state index contributed by atoms with van der Waals surface area (Å²) < 4.78 is 28.7. The highest BCUT2D eigenvalue weighted by atomic mass is 16.7. The van der Waals surface area contributed by atoms with Gasteiger partial charge in [0.2, 0.25) is 0 Å². The number of carbonyl (C=O) groups excluding carboxylic acids is 3. The van der Waals surface area contributed by atoms with Gasteiger partial charge in [0.15, 0.2) is 24.6 Å². The van der Waals surface area contributed by atoms with E-state index >= 15 is 0 Å². The molecule has 87 heavy (non-hydrogen) atoms. The second-order valence-corrected chi connectivity index (χ2v) is 25.2. The van der Waals surface area contributed by atoms with Crippen molar-refractivity contribution in [1.82, 2.24) is 0 Å². The number of ether oxygens (including phenoxy) is 5. The van der Waals surface area contributed by atoms with Crippen molar-refractivity contribution in [3.8, 4) is 0 Å². The molecule has 12 nitrogen and oxygen atoms in total. The molecule has 1 aliphatic rings. The molecule has 6 unspecified atom stereocenters. The molecule has 12 heteroatoms. The van der Waals surface area contributed by atoms with Gasteiger partial charge in [-0.3, -0.25) is 14.4 Å². The second kappa shape index (κ2) is 62.9. The molecule has 1 fully saturated rings. The number of esters is 3. The number of allylic oxidation sites excluding steroid dienone is 8. The fourth-order valence-electron chi connectivity index (χ4n) is 11.2. The van der Waals surface area contributed by atoms with E-state index in [9.17, 15) is 34.5 Å². The number of aliphatic hydroxyl groups excluding tert-OH is 2. The van der Waals surface area contributed by atoms with Gasteiger partial charge < -0.3 is 39.0 Å². The minimum Gasteiger partial charge on any atom is -0.479 e. The smallest absolute Gasteiger partial charge is 0.335 e. The lowest BCUT2D eigenvalue weighted by Crippen LogP contribution is -2.61. The van der Waals surface area contributed by atoms with Gasteiger partial charge in [-0.15, -0.1) is 0 Å². The molecule has 1 saturated heterocycles. The van der Waals surface area contributed by atoms with Gasteiger partial charge in [-0.2, -0.15) is 0 Å². The lowest BCUT2D eigenvalue weighted by atomic mass is 9.98. The molecular weight excluding hydrogens is 1090 g/mol. The van der Waals surface area contributed by atoms with Crippen molar-refractivity contribution < 1.29 is 58.2 Å². The van der Waals surface area contributed by atoms with Crippen molar-refractivity contribution in [2.75, 3.05) is 13.2 Å². The Hall–Kier alpha value is -3.32. The molecule has 1 heterocycles. The van der Waals surface area contributed by atoms with Crippen LogP contribution in [0.4, 0.5) is 0 Å². The van der Waals surface area contributed by atoms with E-state index in [1.54, 1.807) is 0 Å². The number of carbonyl (C=O) groups is 4. The molecule has 0 aromatic heterocycles. The predicted octanol–water partition coefficient (Wildman–Crippen LogP) is 20.5. The van der Waals surface area contributed by atoms with Gasteiger partial charge in [0.05, 0.1) is 6.61 Å². The van der Waals surface area contributed by atoms with E-state index in [0.717, 1.165) is 83.5 Å². The molecule has 0 aromatic carbocycles. The van der Waals surface area contributed by atoms with Crippen LogP contribution in [0.15, 0.2) is 48.6 Å². The van der Waals surface area contributed by atoms with Crippen LogP contribution in [0.25, 0.3) is 0 Å². The van der Waals surface area contributed by atoms with Gasteiger partial charge in [-0.05, 0) is 103 Å². The number of carboxylic acid groups (broad SMARTS) is 1. The summed E-state index contributed by atoms with van der Waals surface area (Å²) in [5.74, 6) is -3.09. The maximum absolute atomic E-state index is 13.3. The summed E-state index contributed by atoms with van der Waals surface area (Å²) in [6, 6.07) is 0. The fraction of sp³-hybridized carbons (Fsp3) is 0.840. The summed E-state index contributed by atoms with van der Waals surface area (Å²) in [6.07, 6.45) is 66.3. The van der Waals surface area contributed by atoms with Crippen LogP contribution in [0.5, 0.6) is 0 Å². The van der Waals surface area contributed by atoms with Crippen molar-refractivity contribution >= 4 is 23.9 Å². The Bertz CT molecular complexity index is 1690. The number of hydrogen-bond donors (Lipinski definition) is 3. The first-order valence-electron chi connectivity index (χ1n) is 36.6. The first-order chi connectivity index (χ1) is 42.6. The number of aliphatic carboxylic acids is 1. The number of rotatable bonds is 64. The number of aliphatic hydroxyl groups is 2. The van der Waals surface area contributed by atoms with E-state index in [1.807, 2.05) is 0 Å². The van der Waals surface area contributed by atoms with Crippen LogP contribution < -0.4 is 0 Å². The highest BCUT2D eigenvalue weighted by molar-refractivity contribution is 5.74. The Morgan fingerprint density at radius 1 is 0.379 bits per heavy atom. The van der Waals surface area contributed by atoms with Gasteiger partial charge in [-0.25, -0.2) is 4.79 Å². The molecule has 0 spiro atoms. The molecule has 1 aliphatic heterocycles. The normalized spacial score (nSPS) is 17.6. The van der Waals surface area contributed by atoms with Crippen LogP contribution in [0, 0.1) is 0 Å². The predicted molar refractivity (Wildman–Crippen MR) is 359 cm³/mol. The van der Waals surface area contributed by atoms with E-state index in [0.29, 0.717) is 19.3 Å². The molecule has 3 N–H and O–H groups in total. The summed E-state index contributed by atoms with van der Waals surface area (Å²) >= 11 is 0. The number of hydrogen-bond acceptors (Lipinski definition) is 11. The summed E-state index contributed by atoms with van der Waals surface area (Å²) in [4.78, 5) is 51.6. The van der Waals surface area contributed by atoms with Gasteiger partial charge in [0.1, 0.15) is 18.8 Å². The van der Waals surface area contributed by atoms with E-state index in [4.69, 9.17) is 23.7 Å². The second-order valence-electron chi connectivity index (χ2n) is 25.2. The number of carboxylic acids is 1. The Labute approximate surface area is 533 Å². The Kier molecular flexibility index (Phi) is 59.0. The van der Waals surface area contributed by atoms with Gasteiger partial charge in [0, 0.05) is 19.3 Å². The molecule has 6 atom stereocenters. The molecule has 0 saturated carbocycles. The summed E-state index contributed by atoms with van der Waals surface area (Å²) in [6.45, 7) is 6.03. The molecule has 506 valence electrons. The molecule has 0 bridgehead atoms. The maximum Gasteiger partial charge on any atom is 0.335 e. The van der Waals surface area contributed by atoms with Gasteiger partial charge in [0.25, 0.3) is 0 Å². The van der Waals surface area contributed by atoms with Crippen LogP contribution in [0.2, 0.25) is 0 Å². The highest BCUT2D eigenvalue weighted by Gasteiger charge is 2.50. The standard InChI is InChI=1S/C75H134O12/c1-4-7-10-13-16-19-22-25-28-31-34-37-40-43-46-49-52-55-58-61-67(76)83-64-66(85-68(77)62-59-56-53-50-47-44-41-38-35-32-29-26-23-20-17-14-11-8-5-2)65-84-75-73(71(80)70(79)72(87-75)74(81)82)86-69(78)63-60-57-54-51-48-45-42-39-36-33-30-27-24-21-18-15-12-9-6-3/h16,19,25-30,66,70-73,75,79-80H,4-15,17-18,20-24,31-65H2,1-3H3,(H,81,82)/b19-16-,28-25-,29-26-,30-27-. The molecular formula is C75H134O12. The molecule has 1 rings (SSSR count). The monoisotopic (exact) mass is 1230 g/mol. The average Bonchev–Trinajstić information content (AvgIpc) is 2.56. The van der Waals surface area contributed by atoms with E-state index in [-0.39, 0.29) is 25.9 Å². The lowest BCUT2D eigenvalue weighted by molar-refractivity contribution is -0.301. The fourth-order valence-corrected chi connectivity index (χ4v) is 11.2. The first-order valence-corrected chi connectivity index (χ1v) is 36.6. The SMILES string of the molecule is CCCCC/C=C\C/C=C\CCCCCCCCCCCC(=O)OCC(COC1OC(C(=O)O)C(O)C(O)C1OC(=O)CCCCCCCCCCC/C=C\CCCCCCCC)OC(=O)CCCCCCCCCCC/C=C\CCCCCCCC. The van der Waals surface area contributed by atoms with Crippen LogP contribution in [0.3, 0.4) is 0 Å². The minimum absolute atomic E-state index is 0.0602. The minimum atomic E-state index is -1.90. The Morgan fingerprint density at radius 2 is 0.690 bits per heavy atom. The summed E-state index contributed by atoms with van der Waals surface area (Å²) in [5, 5.41) is 31.7. The topological polar surface area (TPSA) is 175 Å². The lowest BCUT2D eigenvalue weighted by Gasteiger charge is -2.40. The van der Waals surface area contributed by atoms with Gasteiger partial charge in [-0.1, -0.05) is 281 Å². The van der Waals surface area contributed by atoms with Crippen LogP contribution >= 0.6 is 0 Å². The first kappa shape index (κ1) is 81.7. The Balaban J connectivity index is 2.61. The Morgan fingerprint density at radius 3 is 1.07 bits per heavy atom. The maximum atomic E-state index is 13.3. The van der Waals surface area contributed by atoms with Crippen molar-refractivity contribution in [1.29, 1.82) is 0 Å². The average molecular weight is 1230 g/mol. The van der Waals surface area contributed by atoms with Crippen molar-refractivity contribution in [2.45, 2.75) is 391 Å².